The molecule has 0 fully saturated rings. The van der Waals surface area contributed by atoms with Crippen molar-refractivity contribution in [2.24, 2.45) is 0 Å². The van der Waals surface area contributed by atoms with Gasteiger partial charge in [0, 0.05) is 12.1 Å². The number of phenolic OH excluding ortho intramolecular Hbond substituents is 2. The van der Waals surface area contributed by atoms with Gasteiger partial charge >= 0.3 is 0 Å². The maximum absolute atomic E-state index is 9.52. The molecule has 20 heavy (non-hydrogen) atoms. The normalized spacial score (nSPS) is 13.9. The van der Waals surface area contributed by atoms with Crippen LogP contribution >= 0.6 is 0 Å². The van der Waals surface area contributed by atoms with Gasteiger partial charge in [-0.25, -0.2) is 0 Å². The standard InChI is InChI=1S/C16H19NO3/c1-11(13-7-14(19)9-15(20)8-13)17-16(10-18)12-5-3-2-4-6-12/h2-9,11,16-20H,10H2,1H3. The molecule has 0 bridgehead atoms. The Balaban J connectivity index is 2.15. The van der Waals surface area contributed by atoms with Crippen LogP contribution in [0.15, 0.2) is 48.5 Å². The number of aliphatic hydroxyl groups is 1. The monoisotopic (exact) mass is 273 g/mol. The van der Waals surface area contributed by atoms with Crippen molar-refractivity contribution in [2.75, 3.05) is 6.61 Å². The first kappa shape index (κ1) is 14.4. The second-order valence-corrected chi connectivity index (χ2v) is 4.82. The van der Waals surface area contributed by atoms with Crippen LogP contribution in [0.5, 0.6) is 11.5 Å². The molecule has 0 aromatic heterocycles. The van der Waals surface area contributed by atoms with Gasteiger partial charge in [-0.2, -0.15) is 0 Å². The number of phenols is 2. The molecule has 0 aliphatic heterocycles. The van der Waals surface area contributed by atoms with Crippen LogP contribution in [0, 0.1) is 0 Å². The van der Waals surface area contributed by atoms with Crippen molar-refractivity contribution in [1.29, 1.82) is 0 Å². The largest absolute Gasteiger partial charge is 0.508 e. The summed E-state index contributed by atoms with van der Waals surface area (Å²) in [4.78, 5) is 0. The van der Waals surface area contributed by atoms with Crippen LogP contribution in [0.3, 0.4) is 0 Å². The predicted octanol–water partition coefficient (Wildman–Crippen LogP) is 2.48. The average molecular weight is 273 g/mol. The minimum Gasteiger partial charge on any atom is -0.508 e. The van der Waals surface area contributed by atoms with E-state index in [0.717, 1.165) is 11.1 Å². The van der Waals surface area contributed by atoms with Crippen LogP contribution in [-0.4, -0.2) is 21.9 Å². The van der Waals surface area contributed by atoms with E-state index >= 15 is 0 Å². The molecule has 2 aromatic carbocycles. The summed E-state index contributed by atoms with van der Waals surface area (Å²) in [5.41, 5.74) is 1.75. The number of aromatic hydroxyl groups is 2. The summed E-state index contributed by atoms with van der Waals surface area (Å²) in [6, 6.07) is 13.8. The third kappa shape index (κ3) is 3.50. The van der Waals surface area contributed by atoms with Gasteiger partial charge in [-0.3, -0.25) is 0 Å². The lowest BCUT2D eigenvalue weighted by Gasteiger charge is -2.22. The SMILES string of the molecule is CC(NC(CO)c1ccccc1)c1cc(O)cc(O)c1. The molecule has 0 amide bonds. The summed E-state index contributed by atoms with van der Waals surface area (Å²) in [5.74, 6) is 0.0443. The van der Waals surface area contributed by atoms with Gasteiger partial charge in [-0.15, -0.1) is 0 Å². The Morgan fingerprint density at radius 3 is 2.10 bits per heavy atom. The van der Waals surface area contributed by atoms with Gasteiger partial charge in [0.25, 0.3) is 0 Å². The molecule has 2 unspecified atom stereocenters. The fourth-order valence-electron chi connectivity index (χ4n) is 2.21. The molecule has 0 saturated carbocycles. The summed E-state index contributed by atoms with van der Waals surface area (Å²) in [7, 11) is 0. The fourth-order valence-corrected chi connectivity index (χ4v) is 2.21. The first-order valence-corrected chi connectivity index (χ1v) is 6.55. The van der Waals surface area contributed by atoms with Gasteiger partial charge < -0.3 is 20.6 Å². The lowest BCUT2D eigenvalue weighted by molar-refractivity contribution is 0.235. The minimum absolute atomic E-state index is 0.0221. The van der Waals surface area contributed by atoms with E-state index in [0.29, 0.717) is 0 Å². The lowest BCUT2D eigenvalue weighted by atomic mass is 10.0. The molecule has 2 atom stereocenters. The lowest BCUT2D eigenvalue weighted by Crippen LogP contribution is -2.27. The summed E-state index contributed by atoms with van der Waals surface area (Å²) in [5, 5.41) is 31.8. The van der Waals surface area contributed by atoms with E-state index in [1.165, 1.54) is 6.07 Å². The first-order valence-electron chi connectivity index (χ1n) is 6.55. The summed E-state index contributed by atoms with van der Waals surface area (Å²) in [6.07, 6.45) is 0. The highest BCUT2D eigenvalue weighted by atomic mass is 16.3. The van der Waals surface area contributed by atoms with Gasteiger partial charge in [-0.05, 0) is 30.2 Å². The predicted molar refractivity (Wildman–Crippen MR) is 77.6 cm³/mol. The highest BCUT2D eigenvalue weighted by molar-refractivity contribution is 5.38. The summed E-state index contributed by atoms with van der Waals surface area (Å²) in [6.45, 7) is 1.89. The third-order valence-corrected chi connectivity index (χ3v) is 3.26. The molecule has 106 valence electrons. The van der Waals surface area contributed by atoms with Gasteiger partial charge in [-0.1, -0.05) is 30.3 Å². The molecule has 2 aromatic rings. The molecular weight excluding hydrogens is 254 g/mol. The molecule has 4 N–H and O–H groups in total. The second kappa shape index (κ2) is 6.41. The minimum atomic E-state index is -0.198. The Morgan fingerprint density at radius 2 is 1.55 bits per heavy atom. The molecule has 0 saturated heterocycles. The molecule has 0 aliphatic rings. The van der Waals surface area contributed by atoms with Crippen molar-refractivity contribution in [3.63, 3.8) is 0 Å². The molecule has 2 rings (SSSR count). The third-order valence-electron chi connectivity index (χ3n) is 3.26. The van der Waals surface area contributed by atoms with E-state index in [2.05, 4.69) is 5.32 Å². The van der Waals surface area contributed by atoms with Crippen LogP contribution in [-0.2, 0) is 0 Å². The second-order valence-electron chi connectivity index (χ2n) is 4.82. The number of hydrogen-bond acceptors (Lipinski definition) is 4. The van der Waals surface area contributed by atoms with Crippen LogP contribution in [0.2, 0.25) is 0 Å². The summed E-state index contributed by atoms with van der Waals surface area (Å²) < 4.78 is 0. The Hall–Kier alpha value is -2.04. The number of aliphatic hydroxyl groups excluding tert-OH is 1. The van der Waals surface area contributed by atoms with E-state index in [1.807, 2.05) is 37.3 Å². The Kier molecular flexibility index (Phi) is 4.61. The Bertz CT molecular complexity index is 537. The van der Waals surface area contributed by atoms with E-state index in [9.17, 15) is 15.3 Å². The van der Waals surface area contributed by atoms with Crippen molar-refractivity contribution in [1.82, 2.24) is 5.32 Å². The maximum atomic E-state index is 9.52. The van der Waals surface area contributed by atoms with E-state index in [-0.39, 0.29) is 30.2 Å². The quantitative estimate of drug-likeness (QED) is 0.675. The Labute approximate surface area is 118 Å². The zero-order valence-electron chi connectivity index (χ0n) is 11.3. The van der Waals surface area contributed by atoms with Crippen molar-refractivity contribution in [3.05, 3.63) is 59.7 Å². The van der Waals surface area contributed by atoms with Gasteiger partial charge in [0.05, 0.1) is 12.6 Å². The van der Waals surface area contributed by atoms with Crippen LogP contribution in [0.4, 0.5) is 0 Å². The number of rotatable bonds is 5. The summed E-state index contributed by atoms with van der Waals surface area (Å²) >= 11 is 0. The maximum Gasteiger partial charge on any atom is 0.119 e. The van der Waals surface area contributed by atoms with E-state index in [4.69, 9.17) is 0 Å². The van der Waals surface area contributed by atoms with Gasteiger partial charge in [0.15, 0.2) is 0 Å². The fraction of sp³-hybridized carbons (Fsp3) is 0.250. The molecule has 0 aliphatic carbocycles. The molecular formula is C16H19NO3. The van der Waals surface area contributed by atoms with Crippen molar-refractivity contribution in [2.45, 2.75) is 19.0 Å². The zero-order valence-corrected chi connectivity index (χ0v) is 11.3. The molecule has 0 spiro atoms. The smallest absolute Gasteiger partial charge is 0.119 e. The average Bonchev–Trinajstić information content (AvgIpc) is 2.44. The van der Waals surface area contributed by atoms with Gasteiger partial charge in [0.1, 0.15) is 11.5 Å². The number of benzene rings is 2. The number of hydrogen-bond donors (Lipinski definition) is 4. The first-order chi connectivity index (χ1) is 9.60. The topological polar surface area (TPSA) is 72.7 Å². The van der Waals surface area contributed by atoms with Crippen molar-refractivity contribution < 1.29 is 15.3 Å². The van der Waals surface area contributed by atoms with Crippen molar-refractivity contribution >= 4 is 0 Å². The van der Waals surface area contributed by atoms with Gasteiger partial charge in [0.2, 0.25) is 0 Å². The van der Waals surface area contributed by atoms with E-state index in [1.54, 1.807) is 12.1 Å². The highest BCUT2D eigenvalue weighted by Crippen LogP contribution is 2.26. The molecule has 4 nitrogen and oxygen atoms in total. The molecule has 0 radical (unpaired) electrons. The van der Waals surface area contributed by atoms with Crippen LogP contribution in [0.1, 0.15) is 30.1 Å². The zero-order chi connectivity index (χ0) is 14.5. The van der Waals surface area contributed by atoms with E-state index < -0.39 is 0 Å². The Morgan fingerprint density at radius 1 is 0.950 bits per heavy atom. The van der Waals surface area contributed by atoms with Crippen LogP contribution in [0.25, 0.3) is 0 Å². The molecule has 0 heterocycles. The van der Waals surface area contributed by atoms with Crippen molar-refractivity contribution in [3.8, 4) is 11.5 Å². The number of nitrogens with one attached hydrogen (secondary N) is 1. The van der Waals surface area contributed by atoms with Crippen LogP contribution < -0.4 is 5.32 Å². The molecule has 4 heteroatoms. The highest BCUT2D eigenvalue weighted by Gasteiger charge is 2.15.